The molecule has 2 rings (SSSR count). The predicted octanol–water partition coefficient (Wildman–Crippen LogP) is 3.79. The van der Waals surface area contributed by atoms with Crippen LogP contribution in [0.25, 0.3) is 0 Å². The zero-order chi connectivity index (χ0) is 14.3. The molecule has 1 aliphatic carbocycles. The highest BCUT2D eigenvalue weighted by molar-refractivity contribution is 6.69. The van der Waals surface area contributed by atoms with Crippen LogP contribution < -0.4 is 9.47 Å². The Morgan fingerprint density at radius 3 is 2.21 bits per heavy atom. The van der Waals surface area contributed by atoms with Gasteiger partial charge in [0.25, 0.3) is 0 Å². The second-order valence-electron chi connectivity index (χ2n) is 6.28. The van der Waals surface area contributed by atoms with Gasteiger partial charge in [0.2, 0.25) is 0 Å². The zero-order valence-corrected chi connectivity index (χ0v) is 13.7. The molecule has 0 bridgehead atoms. The highest BCUT2D eigenvalue weighted by Crippen LogP contribution is 2.58. The molecule has 0 aliphatic heterocycles. The van der Waals surface area contributed by atoms with Gasteiger partial charge in [0.05, 0.1) is 19.8 Å². The lowest BCUT2D eigenvalue weighted by Gasteiger charge is -2.29. The van der Waals surface area contributed by atoms with E-state index in [1.807, 2.05) is 12.1 Å². The molecule has 1 aromatic rings. The molecule has 1 fully saturated rings. The van der Waals surface area contributed by atoms with Gasteiger partial charge in [-0.2, -0.15) is 0 Å². The molecule has 1 aromatic carbocycles. The van der Waals surface area contributed by atoms with Crippen LogP contribution in [0, 0.1) is 5.92 Å². The van der Waals surface area contributed by atoms with E-state index in [1.54, 1.807) is 14.2 Å². The van der Waals surface area contributed by atoms with E-state index in [0.717, 1.165) is 23.5 Å². The highest BCUT2D eigenvalue weighted by Gasteiger charge is 2.56. The summed E-state index contributed by atoms with van der Waals surface area (Å²) in [4.78, 5) is 0. The number of methoxy groups -OCH3 is 2. The molecule has 0 N–H and O–H groups in total. The maximum atomic E-state index is 6.47. The second-order valence-corrected chi connectivity index (χ2v) is 10.7. The molecular formula is C15H24O3Si. The third-order valence-corrected chi connectivity index (χ3v) is 4.57. The van der Waals surface area contributed by atoms with E-state index >= 15 is 0 Å². The van der Waals surface area contributed by atoms with E-state index in [4.69, 9.17) is 13.9 Å². The first-order chi connectivity index (χ1) is 8.82. The number of ether oxygens (including phenoxy) is 2. The molecule has 2 atom stereocenters. The Morgan fingerprint density at radius 2 is 1.79 bits per heavy atom. The van der Waals surface area contributed by atoms with Crippen LogP contribution in [-0.4, -0.2) is 22.5 Å². The largest absolute Gasteiger partial charge is 0.497 e. The zero-order valence-electron chi connectivity index (χ0n) is 12.7. The quantitative estimate of drug-likeness (QED) is 0.768. The molecule has 19 heavy (non-hydrogen) atoms. The lowest BCUT2D eigenvalue weighted by atomic mass is 10.0. The van der Waals surface area contributed by atoms with Crippen LogP contribution in [0.1, 0.15) is 18.9 Å². The van der Waals surface area contributed by atoms with Crippen LogP contribution in [0.15, 0.2) is 18.2 Å². The van der Waals surface area contributed by atoms with Crippen LogP contribution in [0.5, 0.6) is 11.5 Å². The van der Waals surface area contributed by atoms with Crippen LogP contribution in [0.4, 0.5) is 0 Å². The molecule has 0 spiro atoms. The molecule has 1 saturated carbocycles. The minimum absolute atomic E-state index is 0.151. The van der Waals surface area contributed by atoms with E-state index in [2.05, 4.69) is 32.6 Å². The van der Waals surface area contributed by atoms with Gasteiger partial charge in [-0.3, -0.25) is 0 Å². The van der Waals surface area contributed by atoms with Gasteiger partial charge in [0.15, 0.2) is 8.32 Å². The van der Waals surface area contributed by atoms with Crippen molar-refractivity contribution in [3.8, 4) is 11.5 Å². The van der Waals surface area contributed by atoms with Gasteiger partial charge >= 0.3 is 0 Å². The van der Waals surface area contributed by atoms with Crippen LogP contribution in [0.2, 0.25) is 19.6 Å². The summed E-state index contributed by atoms with van der Waals surface area (Å²) in [6.45, 7) is 8.94. The van der Waals surface area contributed by atoms with E-state index in [9.17, 15) is 0 Å². The summed E-state index contributed by atoms with van der Waals surface area (Å²) in [5.74, 6) is 2.22. The van der Waals surface area contributed by atoms with Crippen LogP contribution >= 0.6 is 0 Å². The van der Waals surface area contributed by atoms with Crippen molar-refractivity contribution < 1.29 is 13.9 Å². The second kappa shape index (κ2) is 4.83. The van der Waals surface area contributed by atoms with Crippen molar-refractivity contribution in [3.05, 3.63) is 23.8 Å². The standard InChI is InChI=1S/C15H24O3Si/c1-11-10-15(11,18-19(4,5)6)13-8-7-12(16-2)9-14(13)17-3/h7-9,11H,10H2,1-6H3. The van der Waals surface area contributed by atoms with Crippen molar-refractivity contribution in [2.45, 2.75) is 38.6 Å². The summed E-state index contributed by atoms with van der Waals surface area (Å²) >= 11 is 0. The Kier molecular flexibility index (Phi) is 3.67. The van der Waals surface area contributed by atoms with Crippen molar-refractivity contribution >= 4 is 8.32 Å². The molecular weight excluding hydrogens is 256 g/mol. The van der Waals surface area contributed by atoms with E-state index in [-0.39, 0.29) is 5.60 Å². The van der Waals surface area contributed by atoms with Crippen LogP contribution in [-0.2, 0) is 10.0 Å². The molecule has 4 heteroatoms. The Hall–Kier alpha value is -1.00. The Balaban J connectivity index is 2.39. The highest BCUT2D eigenvalue weighted by atomic mass is 28.4. The molecule has 106 valence electrons. The van der Waals surface area contributed by atoms with E-state index < -0.39 is 8.32 Å². The fourth-order valence-corrected chi connectivity index (χ4v) is 4.15. The molecule has 2 unspecified atom stereocenters. The molecule has 0 radical (unpaired) electrons. The molecule has 3 nitrogen and oxygen atoms in total. The number of hydrogen-bond acceptors (Lipinski definition) is 3. The fraction of sp³-hybridized carbons (Fsp3) is 0.600. The monoisotopic (exact) mass is 280 g/mol. The lowest BCUT2D eigenvalue weighted by Crippen LogP contribution is -2.33. The molecule has 0 saturated heterocycles. The fourth-order valence-electron chi connectivity index (χ4n) is 2.66. The third-order valence-electron chi connectivity index (χ3n) is 3.60. The van der Waals surface area contributed by atoms with Crippen molar-refractivity contribution in [1.82, 2.24) is 0 Å². The number of benzene rings is 1. The van der Waals surface area contributed by atoms with Crippen LogP contribution in [0.3, 0.4) is 0 Å². The van der Waals surface area contributed by atoms with Gasteiger partial charge in [-0.05, 0) is 44.1 Å². The topological polar surface area (TPSA) is 27.7 Å². The lowest BCUT2D eigenvalue weighted by molar-refractivity contribution is 0.151. The summed E-state index contributed by atoms with van der Waals surface area (Å²) in [7, 11) is 1.77. The molecule has 1 aliphatic rings. The first-order valence-corrected chi connectivity index (χ1v) is 10.2. The van der Waals surface area contributed by atoms with Crippen molar-refractivity contribution in [2.75, 3.05) is 14.2 Å². The maximum Gasteiger partial charge on any atom is 0.184 e. The Morgan fingerprint density at radius 1 is 1.16 bits per heavy atom. The number of hydrogen-bond donors (Lipinski definition) is 0. The van der Waals surface area contributed by atoms with Gasteiger partial charge in [0, 0.05) is 11.6 Å². The first-order valence-electron chi connectivity index (χ1n) is 6.75. The Bertz CT molecular complexity index is 467. The van der Waals surface area contributed by atoms with E-state index in [1.165, 1.54) is 0 Å². The van der Waals surface area contributed by atoms with Gasteiger partial charge in [-0.15, -0.1) is 0 Å². The number of rotatable bonds is 5. The van der Waals surface area contributed by atoms with Crippen molar-refractivity contribution in [2.24, 2.45) is 5.92 Å². The maximum absolute atomic E-state index is 6.47. The van der Waals surface area contributed by atoms with Gasteiger partial charge in [-0.25, -0.2) is 0 Å². The smallest absolute Gasteiger partial charge is 0.184 e. The van der Waals surface area contributed by atoms with Gasteiger partial charge in [0.1, 0.15) is 11.5 Å². The Labute approximate surface area is 117 Å². The average Bonchev–Trinajstić information content (AvgIpc) is 2.97. The third kappa shape index (κ3) is 2.79. The summed E-state index contributed by atoms with van der Waals surface area (Å²) in [5, 5.41) is 0. The predicted molar refractivity (Wildman–Crippen MR) is 79.4 cm³/mol. The van der Waals surface area contributed by atoms with Gasteiger partial charge < -0.3 is 13.9 Å². The van der Waals surface area contributed by atoms with Crippen molar-refractivity contribution in [1.29, 1.82) is 0 Å². The summed E-state index contributed by atoms with van der Waals surface area (Å²) < 4.78 is 17.3. The van der Waals surface area contributed by atoms with Gasteiger partial charge in [-0.1, -0.05) is 6.92 Å². The normalized spacial score (nSPS) is 26.1. The van der Waals surface area contributed by atoms with Crippen molar-refractivity contribution in [3.63, 3.8) is 0 Å². The summed E-state index contributed by atoms with van der Waals surface area (Å²) in [5.41, 5.74) is 1.01. The first kappa shape index (κ1) is 14.4. The minimum Gasteiger partial charge on any atom is -0.497 e. The average molecular weight is 280 g/mol. The molecule has 0 heterocycles. The molecule has 0 aromatic heterocycles. The summed E-state index contributed by atoms with van der Waals surface area (Å²) in [6, 6.07) is 6.01. The molecule has 0 amide bonds. The van der Waals surface area contributed by atoms with E-state index in [0.29, 0.717) is 5.92 Å². The summed E-state index contributed by atoms with van der Waals surface area (Å²) in [6.07, 6.45) is 1.07. The minimum atomic E-state index is -1.60. The SMILES string of the molecule is COc1ccc(C2(O[Si](C)(C)C)CC2C)c(OC)c1.